The van der Waals surface area contributed by atoms with Crippen molar-refractivity contribution in [3.05, 3.63) is 72.4 Å². The van der Waals surface area contributed by atoms with E-state index in [0.29, 0.717) is 24.5 Å². The molecule has 0 aliphatic carbocycles. The van der Waals surface area contributed by atoms with Gasteiger partial charge in [0.05, 0.1) is 18.4 Å². The second-order valence-electron chi connectivity index (χ2n) is 5.45. The standard InChI is InChI=1S/C19H18N2O4/c22-18(20-10-8-14-4-2-1-3-5-14)19(23)21-12-16-6-7-17(25-16)15-9-11-24-13-15/h1-7,9,11,13H,8,10,12H2,(H,20,22)(H,21,23). The summed E-state index contributed by atoms with van der Waals surface area (Å²) in [5.41, 5.74) is 1.92. The Morgan fingerprint density at radius 1 is 0.920 bits per heavy atom. The number of hydrogen-bond donors (Lipinski definition) is 2. The fourth-order valence-electron chi connectivity index (χ4n) is 2.33. The van der Waals surface area contributed by atoms with Crippen LogP contribution in [-0.2, 0) is 22.6 Å². The first-order valence-electron chi connectivity index (χ1n) is 7.93. The summed E-state index contributed by atoms with van der Waals surface area (Å²) >= 11 is 0. The summed E-state index contributed by atoms with van der Waals surface area (Å²) in [6, 6.07) is 15.1. The molecule has 3 aromatic rings. The van der Waals surface area contributed by atoms with Gasteiger partial charge in [-0.05, 0) is 30.2 Å². The Bertz CT molecular complexity index is 822. The van der Waals surface area contributed by atoms with Crippen LogP contribution in [0.15, 0.2) is 69.9 Å². The molecule has 0 spiro atoms. The van der Waals surface area contributed by atoms with Crippen LogP contribution in [0.2, 0.25) is 0 Å². The molecule has 1 aromatic carbocycles. The number of hydrogen-bond acceptors (Lipinski definition) is 4. The van der Waals surface area contributed by atoms with Crippen LogP contribution in [0.3, 0.4) is 0 Å². The molecule has 0 saturated carbocycles. The van der Waals surface area contributed by atoms with Crippen molar-refractivity contribution >= 4 is 11.8 Å². The van der Waals surface area contributed by atoms with E-state index < -0.39 is 11.8 Å². The zero-order valence-corrected chi connectivity index (χ0v) is 13.5. The summed E-state index contributed by atoms with van der Waals surface area (Å²) in [7, 11) is 0. The van der Waals surface area contributed by atoms with E-state index in [1.807, 2.05) is 30.3 Å². The highest BCUT2D eigenvalue weighted by Gasteiger charge is 2.13. The number of carbonyl (C=O) groups is 2. The van der Waals surface area contributed by atoms with E-state index in [1.165, 1.54) is 0 Å². The van der Waals surface area contributed by atoms with E-state index in [9.17, 15) is 9.59 Å². The minimum Gasteiger partial charge on any atom is -0.472 e. The van der Waals surface area contributed by atoms with Crippen molar-refractivity contribution < 1.29 is 18.4 Å². The molecule has 0 unspecified atom stereocenters. The maximum Gasteiger partial charge on any atom is 0.309 e. The molecule has 0 aliphatic heterocycles. The van der Waals surface area contributed by atoms with Gasteiger partial charge in [-0.2, -0.15) is 0 Å². The molecule has 6 heteroatoms. The van der Waals surface area contributed by atoms with E-state index in [4.69, 9.17) is 8.83 Å². The number of benzene rings is 1. The SMILES string of the molecule is O=C(NCCc1ccccc1)C(=O)NCc1ccc(-c2ccoc2)o1. The van der Waals surface area contributed by atoms with E-state index in [-0.39, 0.29) is 6.54 Å². The Balaban J connectivity index is 1.42. The van der Waals surface area contributed by atoms with E-state index in [1.54, 1.807) is 30.7 Å². The minimum absolute atomic E-state index is 0.142. The molecule has 0 atom stereocenters. The van der Waals surface area contributed by atoms with Crippen molar-refractivity contribution in [3.8, 4) is 11.3 Å². The lowest BCUT2D eigenvalue weighted by Crippen LogP contribution is -2.40. The molecule has 25 heavy (non-hydrogen) atoms. The van der Waals surface area contributed by atoms with Crippen LogP contribution in [0.5, 0.6) is 0 Å². The smallest absolute Gasteiger partial charge is 0.309 e. The van der Waals surface area contributed by atoms with Gasteiger partial charge in [-0.1, -0.05) is 30.3 Å². The summed E-state index contributed by atoms with van der Waals surface area (Å²) in [4.78, 5) is 23.6. The fraction of sp³-hybridized carbons (Fsp3) is 0.158. The summed E-state index contributed by atoms with van der Waals surface area (Å²) in [6.45, 7) is 0.546. The topological polar surface area (TPSA) is 84.5 Å². The lowest BCUT2D eigenvalue weighted by Gasteiger charge is -2.05. The van der Waals surface area contributed by atoms with Gasteiger partial charge in [0, 0.05) is 6.54 Å². The lowest BCUT2D eigenvalue weighted by molar-refractivity contribution is -0.139. The zero-order chi connectivity index (χ0) is 17.5. The number of nitrogens with one attached hydrogen (secondary N) is 2. The van der Waals surface area contributed by atoms with Gasteiger partial charge in [-0.15, -0.1) is 0 Å². The first-order valence-corrected chi connectivity index (χ1v) is 7.93. The highest BCUT2D eigenvalue weighted by atomic mass is 16.3. The summed E-state index contributed by atoms with van der Waals surface area (Å²) in [6.07, 6.45) is 3.80. The average Bonchev–Trinajstić information content (AvgIpc) is 3.32. The van der Waals surface area contributed by atoms with Gasteiger partial charge in [0.2, 0.25) is 0 Å². The van der Waals surface area contributed by atoms with Gasteiger partial charge in [0.25, 0.3) is 0 Å². The Morgan fingerprint density at radius 3 is 2.48 bits per heavy atom. The fourth-order valence-corrected chi connectivity index (χ4v) is 2.33. The number of furan rings is 2. The van der Waals surface area contributed by atoms with Gasteiger partial charge in [0.15, 0.2) is 0 Å². The molecule has 0 bridgehead atoms. The third-order valence-corrected chi connectivity index (χ3v) is 3.64. The first-order chi connectivity index (χ1) is 12.2. The largest absolute Gasteiger partial charge is 0.472 e. The third kappa shape index (κ3) is 4.60. The monoisotopic (exact) mass is 338 g/mol. The van der Waals surface area contributed by atoms with Gasteiger partial charge < -0.3 is 19.5 Å². The van der Waals surface area contributed by atoms with Crippen molar-refractivity contribution in [2.75, 3.05) is 6.54 Å². The summed E-state index contributed by atoms with van der Waals surface area (Å²) in [5, 5.41) is 5.14. The molecular weight excluding hydrogens is 320 g/mol. The van der Waals surface area contributed by atoms with Gasteiger partial charge in [-0.25, -0.2) is 0 Å². The molecule has 128 valence electrons. The number of amides is 2. The average molecular weight is 338 g/mol. The third-order valence-electron chi connectivity index (χ3n) is 3.64. The molecule has 0 radical (unpaired) electrons. The van der Waals surface area contributed by atoms with Gasteiger partial charge >= 0.3 is 11.8 Å². The highest BCUT2D eigenvalue weighted by molar-refractivity contribution is 6.35. The molecule has 0 saturated heterocycles. The van der Waals surface area contributed by atoms with Crippen molar-refractivity contribution in [3.63, 3.8) is 0 Å². The zero-order valence-electron chi connectivity index (χ0n) is 13.5. The molecule has 0 aliphatic rings. The van der Waals surface area contributed by atoms with Crippen LogP contribution < -0.4 is 10.6 Å². The predicted molar refractivity (Wildman–Crippen MR) is 91.4 cm³/mol. The second-order valence-corrected chi connectivity index (χ2v) is 5.45. The van der Waals surface area contributed by atoms with Crippen LogP contribution in [0.25, 0.3) is 11.3 Å². The number of carbonyl (C=O) groups excluding carboxylic acids is 2. The van der Waals surface area contributed by atoms with Crippen LogP contribution in [0, 0.1) is 0 Å². The Labute approximate surface area is 144 Å². The molecule has 2 N–H and O–H groups in total. The Kier molecular flexibility index (Phi) is 5.31. The van der Waals surface area contributed by atoms with Crippen LogP contribution in [0.1, 0.15) is 11.3 Å². The predicted octanol–water partition coefficient (Wildman–Crippen LogP) is 2.51. The quantitative estimate of drug-likeness (QED) is 0.676. The van der Waals surface area contributed by atoms with Crippen molar-refractivity contribution in [1.82, 2.24) is 10.6 Å². The first kappa shape index (κ1) is 16.6. The molecule has 0 fully saturated rings. The molecule has 3 rings (SSSR count). The van der Waals surface area contributed by atoms with Crippen molar-refractivity contribution in [2.24, 2.45) is 0 Å². The van der Waals surface area contributed by atoms with Crippen LogP contribution >= 0.6 is 0 Å². The maximum atomic E-state index is 11.8. The van der Waals surface area contributed by atoms with Crippen molar-refractivity contribution in [1.29, 1.82) is 0 Å². The molecular formula is C19H18N2O4. The summed E-state index contributed by atoms with van der Waals surface area (Å²) in [5.74, 6) is -0.140. The molecule has 2 heterocycles. The molecule has 2 amide bonds. The van der Waals surface area contributed by atoms with E-state index in [0.717, 1.165) is 11.1 Å². The molecule has 6 nitrogen and oxygen atoms in total. The molecule has 2 aromatic heterocycles. The Morgan fingerprint density at radius 2 is 1.72 bits per heavy atom. The van der Waals surface area contributed by atoms with E-state index >= 15 is 0 Å². The van der Waals surface area contributed by atoms with Crippen molar-refractivity contribution in [2.45, 2.75) is 13.0 Å². The number of rotatable bonds is 6. The van der Waals surface area contributed by atoms with Gasteiger partial charge in [0.1, 0.15) is 17.8 Å². The van der Waals surface area contributed by atoms with Crippen LogP contribution in [0.4, 0.5) is 0 Å². The minimum atomic E-state index is -0.686. The van der Waals surface area contributed by atoms with Gasteiger partial charge in [-0.3, -0.25) is 9.59 Å². The Hall–Kier alpha value is -3.28. The van der Waals surface area contributed by atoms with E-state index in [2.05, 4.69) is 10.6 Å². The van der Waals surface area contributed by atoms with Crippen LogP contribution in [-0.4, -0.2) is 18.4 Å². The second kappa shape index (κ2) is 8.01. The lowest BCUT2D eigenvalue weighted by atomic mass is 10.1. The summed E-state index contributed by atoms with van der Waals surface area (Å²) < 4.78 is 10.6. The normalized spacial score (nSPS) is 10.4. The highest BCUT2D eigenvalue weighted by Crippen LogP contribution is 2.22. The maximum absolute atomic E-state index is 11.8.